The van der Waals surface area contributed by atoms with Crippen molar-refractivity contribution in [2.24, 2.45) is 0 Å². The van der Waals surface area contributed by atoms with E-state index in [2.05, 4.69) is 176 Å². The molecular weight excluding hydrogens is 751 g/mol. The lowest BCUT2D eigenvalue weighted by atomic mass is 9.76. The molecule has 0 atom stereocenters. The quantitative estimate of drug-likeness (QED) is 0.166. The molecule has 62 heavy (non-hydrogen) atoms. The molecule has 7 aromatic carbocycles. The van der Waals surface area contributed by atoms with Crippen LogP contribution in [0.3, 0.4) is 0 Å². The monoisotopic (exact) mass is 803 g/mol. The van der Waals surface area contributed by atoms with E-state index in [0.717, 1.165) is 64.7 Å². The summed E-state index contributed by atoms with van der Waals surface area (Å²) < 4.78 is 6.46. The zero-order chi connectivity index (χ0) is 41.8. The van der Waals surface area contributed by atoms with E-state index in [1.807, 2.05) is 6.07 Å². The van der Waals surface area contributed by atoms with Gasteiger partial charge in [0.25, 0.3) is 0 Å². The highest BCUT2D eigenvalue weighted by molar-refractivity contribution is 6.06. The third-order valence-electron chi connectivity index (χ3n) is 14.1. The van der Waals surface area contributed by atoms with Gasteiger partial charge in [0, 0.05) is 39.3 Å². The van der Waals surface area contributed by atoms with Crippen LogP contribution in [0, 0.1) is 0 Å². The normalized spacial score (nSPS) is 17.5. The Balaban J connectivity index is 1.01. The van der Waals surface area contributed by atoms with Crippen molar-refractivity contribution < 1.29 is 4.42 Å². The predicted octanol–water partition coefficient (Wildman–Crippen LogP) is 17.3. The lowest BCUT2D eigenvalue weighted by molar-refractivity contribution is 0.660. The molecule has 1 heterocycles. The first-order valence-corrected chi connectivity index (χ1v) is 22.8. The molecule has 8 aromatic rings. The van der Waals surface area contributed by atoms with E-state index in [1.165, 1.54) is 93.3 Å². The van der Waals surface area contributed by atoms with Crippen LogP contribution >= 0.6 is 0 Å². The minimum atomic E-state index is -0.0448. The zero-order valence-corrected chi connectivity index (χ0v) is 36.0. The topological polar surface area (TPSA) is 16.4 Å². The molecule has 1 saturated carbocycles. The Morgan fingerprint density at radius 2 is 1.03 bits per heavy atom. The molecule has 11 rings (SSSR count). The van der Waals surface area contributed by atoms with E-state index in [9.17, 15) is 0 Å². The van der Waals surface area contributed by atoms with Gasteiger partial charge in [0.1, 0.15) is 11.2 Å². The number of para-hydroxylation sites is 1. The van der Waals surface area contributed by atoms with E-state index in [1.54, 1.807) is 11.1 Å². The number of furan rings is 1. The van der Waals surface area contributed by atoms with Crippen LogP contribution in [0.5, 0.6) is 0 Å². The fourth-order valence-electron chi connectivity index (χ4n) is 10.9. The third-order valence-corrected chi connectivity index (χ3v) is 14.1. The highest BCUT2D eigenvalue weighted by Gasteiger charge is 2.35. The Bertz CT molecular complexity index is 3060. The highest BCUT2D eigenvalue weighted by Crippen LogP contribution is 2.50. The Hall–Kier alpha value is -6.64. The van der Waals surface area contributed by atoms with Crippen molar-refractivity contribution >= 4 is 50.1 Å². The van der Waals surface area contributed by atoms with Crippen molar-refractivity contribution in [3.63, 3.8) is 0 Å². The number of hydrogen-bond donors (Lipinski definition) is 0. The molecule has 0 bridgehead atoms. The van der Waals surface area contributed by atoms with E-state index in [-0.39, 0.29) is 5.41 Å². The fraction of sp³-hybridized carbons (Fsp3) is 0.200. The Morgan fingerprint density at radius 1 is 0.435 bits per heavy atom. The molecule has 3 aliphatic rings. The van der Waals surface area contributed by atoms with Gasteiger partial charge >= 0.3 is 0 Å². The number of benzene rings is 7. The van der Waals surface area contributed by atoms with Crippen molar-refractivity contribution in [2.75, 3.05) is 4.90 Å². The van der Waals surface area contributed by atoms with Crippen molar-refractivity contribution in [3.8, 4) is 22.3 Å². The van der Waals surface area contributed by atoms with Crippen molar-refractivity contribution in [1.82, 2.24) is 0 Å². The summed E-state index contributed by atoms with van der Waals surface area (Å²) in [5.41, 5.74) is 22.9. The fourth-order valence-corrected chi connectivity index (χ4v) is 10.9. The maximum Gasteiger partial charge on any atom is 0.137 e. The van der Waals surface area contributed by atoms with Gasteiger partial charge in [-0.15, -0.1) is 0 Å². The first kappa shape index (κ1) is 38.3. The first-order valence-electron chi connectivity index (χ1n) is 22.8. The molecule has 2 heteroatoms. The van der Waals surface area contributed by atoms with E-state index < -0.39 is 0 Å². The predicted molar refractivity (Wildman–Crippen MR) is 262 cm³/mol. The number of nitrogens with zero attached hydrogens (tertiary/aromatic N) is 1. The van der Waals surface area contributed by atoms with Crippen molar-refractivity contribution in [3.05, 3.63) is 209 Å². The van der Waals surface area contributed by atoms with Crippen LogP contribution in [0.15, 0.2) is 192 Å². The average molecular weight is 804 g/mol. The molecule has 1 fully saturated rings. The van der Waals surface area contributed by atoms with Gasteiger partial charge in [-0.05, 0) is 172 Å². The van der Waals surface area contributed by atoms with E-state index in [0.29, 0.717) is 0 Å². The molecule has 0 N–H and O–H groups in total. The SMILES string of the molecule is C=C1CCCCC/C(c2ccccc2)=C2/CCCCC2=C1c1ccc(N(c2ccc(-c3ccc4c(c3)C(C)(C)c3ccccc3-4)cc2)c2ccc3c(c2)oc2ccccc23)cc1. The summed E-state index contributed by atoms with van der Waals surface area (Å²) >= 11 is 0. The second-order valence-corrected chi connectivity index (χ2v) is 18.2. The molecule has 0 amide bonds. The maximum absolute atomic E-state index is 6.46. The molecule has 2 nitrogen and oxygen atoms in total. The molecule has 0 unspecified atom stereocenters. The average Bonchev–Trinajstić information content (AvgIpc) is 3.80. The van der Waals surface area contributed by atoms with Crippen molar-refractivity contribution in [2.45, 2.75) is 77.0 Å². The Morgan fingerprint density at radius 3 is 1.84 bits per heavy atom. The van der Waals surface area contributed by atoms with Gasteiger partial charge in [-0.3, -0.25) is 0 Å². The molecule has 0 radical (unpaired) electrons. The van der Waals surface area contributed by atoms with E-state index >= 15 is 0 Å². The van der Waals surface area contributed by atoms with E-state index in [4.69, 9.17) is 11.0 Å². The summed E-state index contributed by atoms with van der Waals surface area (Å²) in [6.45, 7) is 9.51. The smallest absolute Gasteiger partial charge is 0.137 e. The summed E-state index contributed by atoms with van der Waals surface area (Å²) in [4.78, 5) is 2.38. The van der Waals surface area contributed by atoms with Crippen LogP contribution in [0.4, 0.5) is 17.1 Å². The van der Waals surface area contributed by atoms with Crippen LogP contribution in [0.2, 0.25) is 0 Å². The van der Waals surface area contributed by atoms with Crippen molar-refractivity contribution in [1.29, 1.82) is 0 Å². The number of rotatable bonds is 6. The maximum atomic E-state index is 6.46. The van der Waals surface area contributed by atoms with Crippen LogP contribution in [0.25, 0.3) is 55.3 Å². The van der Waals surface area contributed by atoms with Gasteiger partial charge in [0.15, 0.2) is 0 Å². The number of fused-ring (bicyclic) bond motifs is 7. The van der Waals surface area contributed by atoms with Gasteiger partial charge < -0.3 is 9.32 Å². The lowest BCUT2D eigenvalue weighted by Crippen LogP contribution is -2.14. The zero-order valence-electron chi connectivity index (χ0n) is 36.0. The molecule has 3 aliphatic carbocycles. The lowest BCUT2D eigenvalue weighted by Gasteiger charge is -2.29. The Labute approximate surface area is 366 Å². The second kappa shape index (κ2) is 15.7. The minimum absolute atomic E-state index is 0.0448. The van der Waals surface area contributed by atoms with Gasteiger partial charge in [0.2, 0.25) is 0 Å². The van der Waals surface area contributed by atoms with Crippen LogP contribution in [-0.4, -0.2) is 0 Å². The standard InChI is InChI=1S/C60H53NO/c1-40-16-6-4-9-19-48(42-17-7-5-8-18-42)49-20-10-11-23-54(49)59(40)43-28-33-46(34-29-43)61(47-35-37-53-52-22-13-15-25-57(52)62-58(53)39-47)45-31-26-41(27-32-45)44-30-36-51-50-21-12-14-24-55(50)60(2,3)56(51)38-44/h5,7-8,12-15,17-18,21-22,24-39H,1,4,6,9-11,16,19-20,23H2,2-3H3/b49-48+,59-54?. The largest absolute Gasteiger partial charge is 0.456 e. The van der Waals surface area contributed by atoms with Gasteiger partial charge in [0.05, 0.1) is 0 Å². The summed E-state index contributed by atoms with van der Waals surface area (Å²) in [7, 11) is 0. The number of anilines is 3. The van der Waals surface area contributed by atoms with Crippen LogP contribution in [-0.2, 0) is 5.41 Å². The summed E-state index contributed by atoms with van der Waals surface area (Å²) in [5.74, 6) is 0. The second-order valence-electron chi connectivity index (χ2n) is 18.2. The third kappa shape index (κ3) is 6.65. The van der Waals surface area contributed by atoms with Gasteiger partial charge in [-0.2, -0.15) is 0 Å². The first-order chi connectivity index (χ1) is 30.4. The Kier molecular flexibility index (Phi) is 9.68. The molecule has 0 aliphatic heterocycles. The summed E-state index contributed by atoms with van der Waals surface area (Å²) in [6, 6.07) is 60.5. The number of allylic oxidation sites excluding steroid dienone is 5. The van der Waals surface area contributed by atoms with Crippen LogP contribution in [0.1, 0.15) is 93.9 Å². The number of hydrogen-bond acceptors (Lipinski definition) is 2. The molecule has 1 aromatic heterocycles. The van der Waals surface area contributed by atoms with Gasteiger partial charge in [-0.1, -0.05) is 136 Å². The summed E-state index contributed by atoms with van der Waals surface area (Å²) in [6.07, 6.45) is 10.5. The molecule has 0 spiro atoms. The minimum Gasteiger partial charge on any atom is -0.456 e. The highest BCUT2D eigenvalue weighted by atomic mass is 16.3. The molecule has 0 saturated heterocycles. The van der Waals surface area contributed by atoms with Crippen LogP contribution < -0.4 is 4.90 Å². The summed E-state index contributed by atoms with van der Waals surface area (Å²) in [5, 5.41) is 2.27. The van der Waals surface area contributed by atoms with Gasteiger partial charge in [-0.25, -0.2) is 0 Å². The molecule has 304 valence electrons. The molecular formula is C60H53NO.